The number of rotatable bonds is 21. The zero-order valence-electron chi connectivity index (χ0n) is 19.1. The normalized spacial score (nSPS) is 10.4. The third kappa shape index (κ3) is 32.8. The van der Waals surface area contributed by atoms with Gasteiger partial charge in [-0.25, -0.2) is 0 Å². The zero-order valence-corrected chi connectivity index (χ0v) is 19.1. The summed E-state index contributed by atoms with van der Waals surface area (Å²) in [6.45, 7) is 6.81. The van der Waals surface area contributed by atoms with Crippen molar-refractivity contribution in [3.63, 3.8) is 0 Å². The van der Waals surface area contributed by atoms with Crippen molar-refractivity contribution in [2.75, 3.05) is 6.54 Å². The third-order valence-corrected chi connectivity index (χ3v) is 5.11. The summed E-state index contributed by atoms with van der Waals surface area (Å²) in [4.78, 5) is 10.2. The van der Waals surface area contributed by atoms with E-state index in [1.807, 2.05) is 6.08 Å². The first kappa shape index (κ1) is 29.4. The summed E-state index contributed by atoms with van der Waals surface area (Å²) in [6, 6.07) is 0. The topological polar surface area (TPSA) is 63.3 Å². The number of carbonyl (C=O) groups is 1. The highest BCUT2D eigenvalue weighted by Gasteiger charge is 1.96. The lowest BCUT2D eigenvalue weighted by Crippen LogP contribution is -1.97. The quantitative estimate of drug-likeness (QED) is 0.152. The predicted molar refractivity (Wildman–Crippen MR) is 125 cm³/mol. The highest BCUT2D eigenvalue weighted by molar-refractivity contribution is 5.66. The summed E-state index contributed by atoms with van der Waals surface area (Å²) < 4.78 is 0. The molecule has 0 saturated carbocycles. The van der Waals surface area contributed by atoms with Crippen LogP contribution in [0.4, 0.5) is 0 Å². The molecule has 0 rings (SSSR count). The molecule has 0 fully saturated rings. The zero-order chi connectivity index (χ0) is 21.1. The standard InChI is InChI=1S/C14H31N.C11H20O2/c1-2-3-4-5-6-7-8-9-10-11-12-13-14-15;1-2-3-4-5-6-7-8-9-10-11(12)13/h2-15H2,1H3;2H,1,3-10H2,(H,12,13). The van der Waals surface area contributed by atoms with Gasteiger partial charge in [-0.1, -0.05) is 109 Å². The Labute approximate surface area is 176 Å². The van der Waals surface area contributed by atoms with E-state index in [-0.39, 0.29) is 0 Å². The fourth-order valence-corrected chi connectivity index (χ4v) is 3.26. The molecule has 0 heterocycles. The molecule has 3 heteroatoms. The van der Waals surface area contributed by atoms with Gasteiger partial charge in [0.05, 0.1) is 0 Å². The Morgan fingerprint density at radius 2 is 1.11 bits per heavy atom. The first-order valence-corrected chi connectivity index (χ1v) is 12.2. The molecule has 3 N–H and O–H groups in total. The molecule has 0 radical (unpaired) electrons. The van der Waals surface area contributed by atoms with Gasteiger partial charge >= 0.3 is 5.97 Å². The van der Waals surface area contributed by atoms with Crippen LogP contribution in [0.25, 0.3) is 0 Å². The number of carboxylic acid groups (broad SMARTS) is 1. The largest absolute Gasteiger partial charge is 0.481 e. The second-order valence-electron chi connectivity index (χ2n) is 8.02. The molecular weight excluding hydrogens is 346 g/mol. The van der Waals surface area contributed by atoms with Crippen LogP contribution in [-0.2, 0) is 4.79 Å². The van der Waals surface area contributed by atoms with Crippen LogP contribution in [0.3, 0.4) is 0 Å². The van der Waals surface area contributed by atoms with Crippen LogP contribution in [-0.4, -0.2) is 17.6 Å². The van der Waals surface area contributed by atoms with Crippen molar-refractivity contribution in [3.05, 3.63) is 12.7 Å². The van der Waals surface area contributed by atoms with Crippen molar-refractivity contribution in [1.29, 1.82) is 0 Å². The monoisotopic (exact) mass is 397 g/mol. The summed E-state index contributed by atoms with van der Waals surface area (Å²) in [5, 5.41) is 8.38. The molecule has 168 valence electrons. The molecule has 0 aromatic heterocycles. The van der Waals surface area contributed by atoms with E-state index in [0.29, 0.717) is 6.42 Å². The van der Waals surface area contributed by atoms with Crippen molar-refractivity contribution in [2.45, 2.75) is 135 Å². The highest BCUT2D eigenvalue weighted by atomic mass is 16.4. The Kier molecular flexibility index (Phi) is 29.8. The smallest absolute Gasteiger partial charge is 0.303 e. The Hall–Kier alpha value is -0.830. The van der Waals surface area contributed by atoms with Gasteiger partial charge in [0.15, 0.2) is 0 Å². The van der Waals surface area contributed by atoms with Crippen LogP contribution in [0, 0.1) is 0 Å². The van der Waals surface area contributed by atoms with Crippen LogP contribution in [0.15, 0.2) is 12.7 Å². The molecule has 3 nitrogen and oxygen atoms in total. The molecule has 0 aromatic carbocycles. The fraction of sp³-hybridized carbons (Fsp3) is 0.880. The van der Waals surface area contributed by atoms with E-state index in [2.05, 4.69) is 13.5 Å². The molecule has 0 aromatic rings. The molecule has 0 saturated heterocycles. The molecule has 0 aliphatic carbocycles. The SMILES string of the molecule is C=CCCCCCCCCC(=O)O.CCCCCCCCCCCCCCN. The molecule has 0 bridgehead atoms. The molecule has 28 heavy (non-hydrogen) atoms. The fourth-order valence-electron chi connectivity index (χ4n) is 3.26. The van der Waals surface area contributed by atoms with Crippen molar-refractivity contribution in [1.82, 2.24) is 0 Å². The number of nitrogens with two attached hydrogens (primary N) is 1. The number of allylic oxidation sites excluding steroid dienone is 1. The average Bonchev–Trinajstić information content (AvgIpc) is 2.68. The van der Waals surface area contributed by atoms with Crippen LogP contribution in [0.2, 0.25) is 0 Å². The average molecular weight is 398 g/mol. The van der Waals surface area contributed by atoms with E-state index in [4.69, 9.17) is 10.8 Å². The molecule has 0 amide bonds. The first-order chi connectivity index (χ1) is 13.7. The van der Waals surface area contributed by atoms with E-state index in [1.165, 1.54) is 103 Å². The van der Waals surface area contributed by atoms with Crippen LogP contribution in [0.5, 0.6) is 0 Å². The minimum atomic E-state index is -0.674. The van der Waals surface area contributed by atoms with E-state index >= 15 is 0 Å². The maximum absolute atomic E-state index is 10.2. The molecule has 0 spiro atoms. The summed E-state index contributed by atoms with van der Waals surface area (Å²) >= 11 is 0. The van der Waals surface area contributed by atoms with Gasteiger partial charge in [-0.3, -0.25) is 4.79 Å². The molecule has 0 atom stereocenters. The second kappa shape index (κ2) is 28.4. The van der Waals surface area contributed by atoms with E-state index in [0.717, 1.165) is 25.8 Å². The van der Waals surface area contributed by atoms with E-state index in [1.54, 1.807) is 0 Å². The number of aliphatic carboxylic acids is 1. The van der Waals surface area contributed by atoms with Crippen molar-refractivity contribution in [2.24, 2.45) is 5.73 Å². The Morgan fingerprint density at radius 3 is 1.50 bits per heavy atom. The van der Waals surface area contributed by atoms with Gasteiger partial charge in [-0.2, -0.15) is 0 Å². The predicted octanol–water partition coefficient (Wildman–Crippen LogP) is 8.02. The lowest BCUT2D eigenvalue weighted by molar-refractivity contribution is -0.137. The minimum Gasteiger partial charge on any atom is -0.481 e. The highest BCUT2D eigenvalue weighted by Crippen LogP contribution is 2.11. The number of hydrogen-bond donors (Lipinski definition) is 2. The first-order valence-electron chi connectivity index (χ1n) is 12.2. The van der Waals surface area contributed by atoms with Gasteiger partial charge in [0.1, 0.15) is 0 Å². The van der Waals surface area contributed by atoms with Crippen molar-refractivity contribution >= 4 is 5.97 Å². The van der Waals surface area contributed by atoms with Gasteiger partial charge < -0.3 is 10.8 Å². The van der Waals surface area contributed by atoms with Crippen molar-refractivity contribution in [3.8, 4) is 0 Å². The van der Waals surface area contributed by atoms with Gasteiger partial charge in [-0.05, 0) is 32.2 Å². The second-order valence-corrected chi connectivity index (χ2v) is 8.02. The third-order valence-electron chi connectivity index (χ3n) is 5.11. The van der Waals surface area contributed by atoms with Gasteiger partial charge in [0.25, 0.3) is 0 Å². The number of hydrogen-bond acceptors (Lipinski definition) is 2. The Balaban J connectivity index is 0. The molecular formula is C25H51NO2. The van der Waals surface area contributed by atoms with E-state index in [9.17, 15) is 4.79 Å². The van der Waals surface area contributed by atoms with E-state index < -0.39 is 5.97 Å². The van der Waals surface area contributed by atoms with Crippen LogP contribution in [0.1, 0.15) is 135 Å². The van der Waals surface area contributed by atoms with Crippen LogP contribution >= 0.6 is 0 Å². The maximum Gasteiger partial charge on any atom is 0.303 e. The van der Waals surface area contributed by atoms with Gasteiger partial charge in [0.2, 0.25) is 0 Å². The maximum atomic E-state index is 10.2. The Bertz CT molecular complexity index is 293. The summed E-state index contributed by atoms with van der Waals surface area (Å²) in [7, 11) is 0. The summed E-state index contributed by atoms with van der Waals surface area (Å²) in [5.41, 5.74) is 5.45. The lowest BCUT2D eigenvalue weighted by Gasteiger charge is -2.01. The summed E-state index contributed by atoms with van der Waals surface area (Å²) in [5.74, 6) is -0.674. The minimum absolute atomic E-state index is 0.326. The summed E-state index contributed by atoms with van der Waals surface area (Å²) in [6.07, 6.45) is 27.0. The number of carboxylic acids is 1. The lowest BCUT2D eigenvalue weighted by atomic mass is 10.1. The molecule has 0 aliphatic rings. The van der Waals surface area contributed by atoms with Crippen LogP contribution < -0.4 is 5.73 Å². The number of unbranched alkanes of at least 4 members (excludes halogenated alkanes) is 17. The molecule has 0 unspecified atom stereocenters. The van der Waals surface area contributed by atoms with Crippen molar-refractivity contribution < 1.29 is 9.90 Å². The van der Waals surface area contributed by atoms with Gasteiger partial charge in [-0.15, -0.1) is 6.58 Å². The Morgan fingerprint density at radius 1 is 0.714 bits per heavy atom. The van der Waals surface area contributed by atoms with Gasteiger partial charge in [0, 0.05) is 6.42 Å². The molecule has 0 aliphatic heterocycles.